The number of ether oxygens (including phenoxy) is 2. The number of methoxy groups -OCH3 is 2. The van der Waals surface area contributed by atoms with Crippen LogP contribution in [0, 0.1) is 0 Å². The van der Waals surface area contributed by atoms with E-state index >= 15 is 0 Å². The van der Waals surface area contributed by atoms with Crippen LogP contribution in [0.25, 0.3) is 16.7 Å². The molecule has 0 saturated carbocycles. The lowest BCUT2D eigenvalue weighted by molar-refractivity contribution is -0.116. The number of anilines is 1. The number of carbonyl (C=O) groups is 1. The van der Waals surface area contributed by atoms with Gasteiger partial charge in [0.2, 0.25) is 5.91 Å². The number of rotatable bonds is 4. The minimum absolute atomic E-state index is 0.0391. The van der Waals surface area contributed by atoms with Crippen LogP contribution in [0.4, 0.5) is 5.69 Å². The van der Waals surface area contributed by atoms with Crippen molar-refractivity contribution in [1.29, 1.82) is 0 Å². The third kappa shape index (κ3) is 3.29. The summed E-state index contributed by atoms with van der Waals surface area (Å²) in [5, 5.41) is 22.7. The molecule has 0 fully saturated rings. The van der Waals surface area contributed by atoms with Crippen LogP contribution in [-0.4, -0.2) is 40.2 Å². The van der Waals surface area contributed by atoms with Gasteiger partial charge in [-0.1, -0.05) is 17.7 Å². The number of aromatic hydroxyl groups is 1. The van der Waals surface area contributed by atoms with Crippen molar-refractivity contribution in [2.24, 2.45) is 0 Å². The van der Waals surface area contributed by atoms with Gasteiger partial charge in [0.25, 0.3) is 0 Å². The summed E-state index contributed by atoms with van der Waals surface area (Å²) in [6, 6.07) is 14.1. The molecule has 32 heavy (non-hydrogen) atoms. The number of nitrogens with zero attached hydrogens (tertiary/aromatic N) is 3. The number of halogens is 1. The summed E-state index contributed by atoms with van der Waals surface area (Å²) in [5.41, 5.74) is 4.43. The summed E-state index contributed by atoms with van der Waals surface area (Å²) in [4.78, 5) is 13.9. The van der Waals surface area contributed by atoms with Gasteiger partial charge in [-0.05, 0) is 48.0 Å². The highest BCUT2D eigenvalue weighted by Gasteiger charge is 2.30. The SMILES string of the molecule is COc1cc([C@H]2CC(=O)Nc3ccc4nn(-c5ccc(OC)c(Cl)c5)nc4c32)ccc1O. The van der Waals surface area contributed by atoms with Crippen LogP contribution in [-0.2, 0) is 4.79 Å². The van der Waals surface area contributed by atoms with E-state index in [2.05, 4.69) is 10.4 Å². The second-order valence-corrected chi connectivity index (χ2v) is 7.85. The van der Waals surface area contributed by atoms with Gasteiger partial charge in [0.15, 0.2) is 11.5 Å². The second-order valence-electron chi connectivity index (χ2n) is 7.44. The maximum Gasteiger partial charge on any atom is 0.225 e. The van der Waals surface area contributed by atoms with Crippen LogP contribution in [0.5, 0.6) is 17.2 Å². The Labute approximate surface area is 188 Å². The van der Waals surface area contributed by atoms with E-state index in [1.54, 1.807) is 37.4 Å². The molecule has 1 aliphatic heterocycles. The molecule has 3 aromatic carbocycles. The molecule has 1 atom stereocenters. The number of phenolic OH excluding ortho intramolecular Hbond substituents is 1. The number of carbonyl (C=O) groups excluding carboxylic acids is 1. The molecular formula is C23H19ClN4O4. The van der Waals surface area contributed by atoms with Gasteiger partial charge in [-0.25, -0.2) is 0 Å². The third-order valence-electron chi connectivity index (χ3n) is 5.58. The Morgan fingerprint density at radius 3 is 2.62 bits per heavy atom. The van der Waals surface area contributed by atoms with Crippen molar-refractivity contribution in [3.8, 4) is 22.9 Å². The lowest BCUT2D eigenvalue weighted by Gasteiger charge is -2.26. The Balaban J connectivity index is 1.67. The Bertz CT molecular complexity index is 1370. The largest absolute Gasteiger partial charge is 0.504 e. The maximum absolute atomic E-state index is 12.4. The zero-order chi connectivity index (χ0) is 22.4. The van der Waals surface area contributed by atoms with Gasteiger partial charge in [0.05, 0.1) is 24.9 Å². The fourth-order valence-electron chi connectivity index (χ4n) is 4.04. The van der Waals surface area contributed by atoms with Gasteiger partial charge in [0, 0.05) is 23.6 Å². The molecule has 4 aromatic rings. The highest BCUT2D eigenvalue weighted by Crippen LogP contribution is 2.42. The maximum atomic E-state index is 12.4. The smallest absolute Gasteiger partial charge is 0.225 e. The standard InChI is InChI=1S/C23H19ClN4O4/c1-31-19-8-4-13(10-15(19)24)28-26-17-6-5-16-22(23(17)27-28)14(11-21(30)25-16)12-3-7-18(29)20(9-12)32-2/h3-10,14,29H,11H2,1-2H3,(H,25,30)/t14-/m1/s1. The molecule has 0 radical (unpaired) electrons. The highest BCUT2D eigenvalue weighted by molar-refractivity contribution is 6.32. The lowest BCUT2D eigenvalue weighted by Crippen LogP contribution is -2.23. The van der Waals surface area contributed by atoms with Crippen molar-refractivity contribution in [2.75, 3.05) is 19.5 Å². The van der Waals surface area contributed by atoms with E-state index in [1.807, 2.05) is 18.2 Å². The number of aromatic nitrogens is 3. The molecule has 5 rings (SSSR count). The second kappa shape index (κ2) is 7.72. The van der Waals surface area contributed by atoms with Crippen molar-refractivity contribution in [3.05, 3.63) is 64.7 Å². The number of amides is 1. The summed E-state index contributed by atoms with van der Waals surface area (Å²) in [6.07, 6.45) is 0.237. The van der Waals surface area contributed by atoms with Crippen LogP contribution in [0.3, 0.4) is 0 Å². The van der Waals surface area contributed by atoms with Crippen molar-refractivity contribution in [2.45, 2.75) is 12.3 Å². The Morgan fingerprint density at radius 2 is 1.88 bits per heavy atom. The van der Waals surface area contributed by atoms with E-state index in [-0.39, 0.29) is 24.0 Å². The first-order valence-corrected chi connectivity index (χ1v) is 10.3. The van der Waals surface area contributed by atoms with Crippen LogP contribution in [0.15, 0.2) is 48.5 Å². The van der Waals surface area contributed by atoms with Crippen LogP contribution in [0.2, 0.25) is 5.02 Å². The van der Waals surface area contributed by atoms with Crippen molar-refractivity contribution in [1.82, 2.24) is 15.0 Å². The summed E-state index contributed by atoms with van der Waals surface area (Å²) < 4.78 is 10.5. The first-order chi connectivity index (χ1) is 15.5. The van der Waals surface area contributed by atoms with Gasteiger partial charge < -0.3 is 19.9 Å². The summed E-state index contributed by atoms with van der Waals surface area (Å²) in [6.45, 7) is 0. The normalized spacial score (nSPS) is 15.3. The molecule has 0 unspecified atom stereocenters. The van der Waals surface area contributed by atoms with Gasteiger partial charge in [-0.2, -0.15) is 4.80 Å². The molecule has 2 heterocycles. The molecule has 162 valence electrons. The minimum atomic E-state index is -0.276. The van der Waals surface area contributed by atoms with E-state index in [1.165, 1.54) is 11.9 Å². The van der Waals surface area contributed by atoms with Gasteiger partial charge in [-0.15, -0.1) is 10.2 Å². The monoisotopic (exact) mass is 450 g/mol. The van der Waals surface area contributed by atoms with Gasteiger partial charge in [-0.3, -0.25) is 4.79 Å². The third-order valence-corrected chi connectivity index (χ3v) is 5.87. The summed E-state index contributed by atoms with van der Waals surface area (Å²) >= 11 is 6.28. The van der Waals surface area contributed by atoms with Crippen LogP contribution >= 0.6 is 11.6 Å². The van der Waals surface area contributed by atoms with E-state index in [4.69, 9.17) is 26.2 Å². The number of benzene rings is 3. The fourth-order valence-corrected chi connectivity index (χ4v) is 4.29. The van der Waals surface area contributed by atoms with E-state index in [0.29, 0.717) is 38.9 Å². The topological polar surface area (TPSA) is 98.5 Å². The molecular weight excluding hydrogens is 432 g/mol. The average molecular weight is 451 g/mol. The predicted molar refractivity (Wildman–Crippen MR) is 120 cm³/mol. The molecule has 9 heteroatoms. The van der Waals surface area contributed by atoms with E-state index in [0.717, 1.165) is 11.1 Å². The molecule has 1 aromatic heterocycles. The predicted octanol–water partition coefficient (Wildman–Crippen LogP) is 4.27. The number of nitrogens with one attached hydrogen (secondary N) is 1. The zero-order valence-corrected chi connectivity index (χ0v) is 18.1. The van der Waals surface area contributed by atoms with Crippen molar-refractivity contribution < 1.29 is 19.4 Å². The molecule has 1 amide bonds. The van der Waals surface area contributed by atoms with Gasteiger partial charge in [0.1, 0.15) is 16.8 Å². The first kappa shape index (κ1) is 20.1. The van der Waals surface area contributed by atoms with Crippen LogP contribution in [0.1, 0.15) is 23.5 Å². The number of hydrogen-bond donors (Lipinski definition) is 2. The first-order valence-electron chi connectivity index (χ1n) is 9.89. The number of fused-ring (bicyclic) bond motifs is 3. The Kier molecular flexibility index (Phi) is 4.86. The Hall–Kier alpha value is -3.78. The molecule has 0 saturated heterocycles. The van der Waals surface area contributed by atoms with Gasteiger partial charge >= 0.3 is 0 Å². The van der Waals surface area contributed by atoms with E-state index in [9.17, 15) is 9.90 Å². The molecule has 0 spiro atoms. The lowest BCUT2D eigenvalue weighted by atomic mass is 9.84. The minimum Gasteiger partial charge on any atom is -0.504 e. The quantitative estimate of drug-likeness (QED) is 0.481. The highest BCUT2D eigenvalue weighted by atomic mass is 35.5. The molecule has 0 aliphatic carbocycles. The van der Waals surface area contributed by atoms with Crippen molar-refractivity contribution in [3.63, 3.8) is 0 Å². The average Bonchev–Trinajstić information content (AvgIpc) is 3.23. The molecule has 0 bridgehead atoms. The number of phenols is 1. The van der Waals surface area contributed by atoms with Crippen LogP contribution < -0.4 is 14.8 Å². The van der Waals surface area contributed by atoms with Crippen molar-refractivity contribution >= 4 is 34.2 Å². The molecule has 8 nitrogen and oxygen atoms in total. The number of hydrogen-bond acceptors (Lipinski definition) is 6. The summed E-state index contributed by atoms with van der Waals surface area (Å²) in [5.74, 6) is 0.578. The molecule has 2 N–H and O–H groups in total. The molecule has 1 aliphatic rings. The fraction of sp³-hybridized carbons (Fsp3) is 0.174. The van der Waals surface area contributed by atoms with E-state index < -0.39 is 0 Å². The Morgan fingerprint density at radius 1 is 1.06 bits per heavy atom. The summed E-state index contributed by atoms with van der Waals surface area (Å²) in [7, 11) is 3.05. The zero-order valence-electron chi connectivity index (χ0n) is 17.3.